The first-order chi connectivity index (χ1) is 17.6. The fourth-order valence-corrected chi connectivity index (χ4v) is 4.06. The lowest BCUT2D eigenvalue weighted by Crippen LogP contribution is -2.51. The van der Waals surface area contributed by atoms with Crippen LogP contribution in [0, 0.1) is 23.1 Å². The highest BCUT2D eigenvalue weighted by Crippen LogP contribution is 2.27. The van der Waals surface area contributed by atoms with Crippen LogP contribution in [0.25, 0.3) is 0 Å². The molecule has 0 radical (unpaired) electrons. The zero-order valence-electron chi connectivity index (χ0n) is 20.5. The minimum absolute atomic E-state index is 0.00635. The van der Waals surface area contributed by atoms with Gasteiger partial charge in [-0.15, -0.1) is 0 Å². The third-order valence-electron chi connectivity index (χ3n) is 5.79. The van der Waals surface area contributed by atoms with Crippen LogP contribution < -0.4 is 21.3 Å². The van der Waals surface area contributed by atoms with Crippen LogP contribution in [0.15, 0.2) is 42.9 Å². The van der Waals surface area contributed by atoms with E-state index in [1.54, 1.807) is 0 Å². The monoisotopic (exact) mass is 509 g/mol. The Bertz CT molecular complexity index is 1180. The average Bonchev–Trinajstić information content (AvgIpc) is 3.13. The minimum Gasteiger partial charge on any atom is -0.351 e. The Morgan fingerprint density at radius 2 is 1.95 bits per heavy atom. The number of halogens is 1. The number of nitrogens with one attached hydrogen (secondary N) is 4. The molecule has 0 bridgehead atoms. The van der Waals surface area contributed by atoms with Crippen molar-refractivity contribution in [2.24, 2.45) is 5.92 Å². The molecule has 1 aromatic carbocycles. The summed E-state index contributed by atoms with van der Waals surface area (Å²) in [5, 5.41) is 19.8. The molecule has 194 valence electrons. The lowest BCUT2D eigenvalue weighted by Gasteiger charge is -2.19. The van der Waals surface area contributed by atoms with Crippen molar-refractivity contribution in [1.29, 1.82) is 5.26 Å². The summed E-state index contributed by atoms with van der Waals surface area (Å²) in [6.07, 6.45) is 4.67. The van der Waals surface area contributed by atoms with Crippen molar-refractivity contribution in [1.82, 2.24) is 31.2 Å². The lowest BCUT2D eigenvalue weighted by atomic mass is 9.92. The van der Waals surface area contributed by atoms with Gasteiger partial charge in [-0.1, -0.05) is 12.1 Å². The number of amides is 4. The molecule has 12 heteroatoms. The van der Waals surface area contributed by atoms with Gasteiger partial charge < -0.3 is 21.3 Å². The summed E-state index contributed by atoms with van der Waals surface area (Å²) in [6.45, 7) is 3.30. The molecule has 2 aromatic rings. The van der Waals surface area contributed by atoms with E-state index in [0.29, 0.717) is 12.0 Å². The van der Waals surface area contributed by atoms with Gasteiger partial charge in [0, 0.05) is 30.3 Å². The zero-order chi connectivity index (χ0) is 27.0. The van der Waals surface area contributed by atoms with E-state index in [1.807, 2.05) is 19.9 Å². The van der Waals surface area contributed by atoms with Gasteiger partial charge in [-0.2, -0.15) is 5.26 Å². The van der Waals surface area contributed by atoms with Crippen molar-refractivity contribution in [3.63, 3.8) is 0 Å². The Balaban J connectivity index is 1.59. The number of rotatable bonds is 10. The maximum atomic E-state index is 13.3. The van der Waals surface area contributed by atoms with Gasteiger partial charge in [0.1, 0.15) is 23.6 Å². The molecule has 4 N–H and O–H groups in total. The lowest BCUT2D eigenvalue weighted by molar-refractivity contribution is -0.127. The summed E-state index contributed by atoms with van der Waals surface area (Å²) < 4.78 is 13.3. The smallest absolute Gasteiger partial charge is 0.272 e. The van der Waals surface area contributed by atoms with E-state index in [-0.39, 0.29) is 30.0 Å². The van der Waals surface area contributed by atoms with Gasteiger partial charge in [-0.3, -0.25) is 24.2 Å². The third-order valence-corrected chi connectivity index (χ3v) is 5.79. The second-order valence-electron chi connectivity index (χ2n) is 9.42. The average molecular weight is 510 g/mol. The molecule has 3 atom stereocenters. The summed E-state index contributed by atoms with van der Waals surface area (Å²) in [5.41, 5.74) is 0.190. The molecular weight excluding hydrogens is 481 g/mol. The molecule has 37 heavy (non-hydrogen) atoms. The number of nitriles is 1. The predicted molar refractivity (Wildman–Crippen MR) is 129 cm³/mol. The van der Waals surface area contributed by atoms with E-state index in [2.05, 4.69) is 31.2 Å². The highest BCUT2D eigenvalue weighted by Gasteiger charge is 2.38. The highest BCUT2D eigenvalue weighted by atomic mass is 19.1. The summed E-state index contributed by atoms with van der Waals surface area (Å²) >= 11 is 0. The summed E-state index contributed by atoms with van der Waals surface area (Å²) in [7, 11) is 0. The van der Waals surface area contributed by atoms with Gasteiger partial charge >= 0.3 is 0 Å². The Kier molecular flexibility index (Phi) is 8.84. The van der Waals surface area contributed by atoms with Crippen molar-refractivity contribution < 1.29 is 23.6 Å². The van der Waals surface area contributed by atoms with Crippen molar-refractivity contribution in [3.8, 4) is 6.07 Å². The fraction of sp³-hybridized carbons (Fsp3) is 0.400. The third kappa shape index (κ3) is 8.06. The van der Waals surface area contributed by atoms with E-state index in [1.165, 1.54) is 42.9 Å². The summed E-state index contributed by atoms with van der Waals surface area (Å²) in [6, 6.07) is 5.38. The number of hydrogen-bond donors (Lipinski definition) is 4. The number of aromatic nitrogens is 2. The standard InChI is InChI=1S/C25H28FN7O4/c1-25(2)11-16(22(35)33-25)10-18(12-27)31-21(34)14-30-23(36)19(9-15-3-5-17(26)6-4-15)32-24(37)20-13-28-7-8-29-20/h3-8,13,16,18-19H,9-11,14H2,1-2H3,(H,30,36)(H,31,34)(H,32,37)(H,33,35). The van der Waals surface area contributed by atoms with Crippen molar-refractivity contribution in [2.75, 3.05) is 6.54 Å². The van der Waals surface area contributed by atoms with Crippen LogP contribution in [0.3, 0.4) is 0 Å². The Hall–Kier alpha value is -4.40. The van der Waals surface area contributed by atoms with Crippen LogP contribution in [0.1, 0.15) is 42.7 Å². The molecule has 1 aliphatic heterocycles. The van der Waals surface area contributed by atoms with Gasteiger partial charge in [-0.05, 0) is 44.4 Å². The number of carbonyl (C=O) groups excluding carboxylic acids is 4. The number of nitrogens with zero attached hydrogens (tertiary/aromatic N) is 3. The SMILES string of the molecule is CC1(C)CC(CC(C#N)NC(=O)CNC(=O)C(Cc2ccc(F)cc2)NC(=O)c2cnccn2)C(=O)N1. The molecule has 4 amide bonds. The van der Waals surface area contributed by atoms with Gasteiger partial charge in [0.05, 0.1) is 18.8 Å². The quantitative estimate of drug-likeness (QED) is 0.359. The predicted octanol–water partition coefficient (Wildman–Crippen LogP) is 0.386. The topological polar surface area (TPSA) is 166 Å². The number of hydrogen-bond acceptors (Lipinski definition) is 7. The summed E-state index contributed by atoms with van der Waals surface area (Å²) in [5.74, 6) is -2.97. The normalized spacial score (nSPS) is 17.6. The van der Waals surface area contributed by atoms with E-state index in [4.69, 9.17) is 0 Å². The van der Waals surface area contributed by atoms with Crippen LogP contribution in [0.4, 0.5) is 4.39 Å². The second kappa shape index (κ2) is 12.0. The van der Waals surface area contributed by atoms with Crippen LogP contribution in [0.5, 0.6) is 0 Å². The molecule has 1 aromatic heterocycles. The maximum absolute atomic E-state index is 13.3. The number of carbonyl (C=O) groups is 4. The first-order valence-corrected chi connectivity index (χ1v) is 11.7. The van der Waals surface area contributed by atoms with Gasteiger partial charge in [-0.25, -0.2) is 9.37 Å². The largest absolute Gasteiger partial charge is 0.351 e. The Labute approximate surface area is 213 Å². The molecule has 1 fully saturated rings. The molecule has 0 aliphatic carbocycles. The fourth-order valence-electron chi connectivity index (χ4n) is 4.06. The van der Waals surface area contributed by atoms with Crippen molar-refractivity contribution in [3.05, 3.63) is 59.9 Å². The molecule has 11 nitrogen and oxygen atoms in total. The first kappa shape index (κ1) is 27.2. The Morgan fingerprint density at radius 3 is 2.54 bits per heavy atom. The van der Waals surface area contributed by atoms with E-state index < -0.39 is 48.1 Å². The van der Waals surface area contributed by atoms with Crippen LogP contribution in [0.2, 0.25) is 0 Å². The molecule has 3 unspecified atom stereocenters. The highest BCUT2D eigenvalue weighted by molar-refractivity contribution is 5.96. The zero-order valence-corrected chi connectivity index (χ0v) is 20.5. The maximum Gasteiger partial charge on any atom is 0.272 e. The van der Waals surface area contributed by atoms with E-state index in [9.17, 15) is 28.8 Å². The number of benzene rings is 1. The van der Waals surface area contributed by atoms with Gasteiger partial charge in [0.2, 0.25) is 17.7 Å². The van der Waals surface area contributed by atoms with Crippen molar-refractivity contribution in [2.45, 2.75) is 50.7 Å². The molecule has 0 saturated carbocycles. The van der Waals surface area contributed by atoms with Gasteiger partial charge in [0.15, 0.2) is 0 Å². The van der Waals surface area contributed by atoms with Crippen LogP contribution in [-0.4, -0.2) is 57.8 Å². The van der Waals surface area contributed by atoms with E-state index in [0.717, 1.165) is 0 Å². The molecular formula is C25H28FN7O4. The van der Waals surface area contributed by atoms with Crippen LogP contribution >= 0.6 is 0 Å². The minimum atomic E-state index is -1.11. The van der Waals surface area contributed by atoms with Gasteiger partial charge in [0.25, 0.3) is 5.91 Å². The van der Waals surface area contributed by atoms with Crippen molar-refractivity contribution >= 4 is 23.6 Å². The molecule has 1 saturated heterocycles. The van der Waals surface area contributed by atoms with Crippen LogP contribution in [-0.2, 0) is 20.8 Å². The van der Waals surface area contributed by atoms with E-state index >= 15 is 0 Å². The molecule has 0 spiro atoms. The summed E-state index contributed by atoms with van der Waals surface area (Å²) in [4.78, 5) is 57.8. The Morgan fingerprint density at radius 1 is 1.22 bits per heavy atom. The first-order valence-electron chi connectivity index (χ1n) is 11.7. The molecule has 1 aliphatic rings. The second-order valence-corrected chi connectivity index (χ2v) is 9.42. The molecule has 2 heterocycles. The molecule has 3 rings (SSSR count).